The molecule has 0 saturated heterocycles. The highest BCUT2D eigenvalue weighted by Gasteiger charge is 2.34. The number of ether oxygens (including phenoxy) is 2. The minimum Gasteiger partial charge on any atom is -0.493 e. The number of furan rings is 1. The van der Waals surface area contributed by atoms with E-state index in [9.17, 15) is 0 Å². The molecule has 2 heterocycles. The van der Waals surface area contributed by atoms with Crippen LogP contribution in [0.15, 0.2) is 40.1 Å². The van der Waals surface area contributed by atoms with Crippen molar-refractivity contribution in [2.45, 2.75) is 37.6 Å². The number of hydrogen-bond acceptors (Lipinski definition) is 4. The van der Waals surface area contributed by atoms with E-state index in [1.807, 2.05) is 6.07 Å². The first-order chi connectivity index (χ1) is 11.3. The fourth-order valence-electron chi connectivity index (χ4n) is 3.90. The van der Waals surface area contributed by atoms with Crippen LogP contribution in [0.2, 0.25) is 0 Å². The van der Waals surface area contributed by atoms with Gasteiger partial charge in [0.05, 0.1) is 38.5 Å². The van der Waals surface area contributed by atoms with Gasteiger partial charge in [-0.15, -0.1) is 0 Å². The second-order valence-corrected chi connectivity index (χ2v) is 6.24. The van der Waals surface area contributed by atoms with Crippen LogP contribution in [-0.2, 0) is 0 Å². The van der Waals surface area contributed by atoms with Crippen molar-refractivity contribution in [1.82, 2.24) is 0 Å². The lowest BCUT2D eigenvalue weighted by Gasteiger charge is -2.35. The molecule has 0 radical (unpaired) electrons. The Morgan fingerprint density at radius 1 is 1.09 bits per heavy atom. The number of nitrogens with zero attached hydrogens (tertiary/aromatic N) is 1. The Balaban J connectivity index is 1.91. The zero-order chi connectivity index (χ0) is 15.8. The number of hydrogen-bond donors (Lipinski definition) is 0. The van der Waals surface area contributed by atoms with Crippen molar-refractivity contribution in [3.05, 3.63) is 47.4 Å². The summed E-state index contributed by atoms with van der Waals surface area (Å²) in [6, 6.07) is 6.54. The van der Waals surface area contributed by atoms with Crippen molar-refractivity contribution in [3.8, 4) is 11.5 Å². The first-order valence-electron chi connectivity index (χ1n) is 8.18. The summed E-state index contributed by atoms with van der Waals surface area (Å²) < 4.78 is 16.3. The molecule has 2 aliphatic rings. The van der Waals surface area contributed by atoms with Gasteiger partial charge in [0.15, 0.2) is 11.5 Å². The van der Waals surface area contributed by atoms with Gasteiger partial charge in [0.2, 0.25) is 0 Å². The predicted molar refractivity (Wildman–Crippen MR) is 88.9 cm³/mol. The van der Waals surface area contributed by atoms with Crippen LogP contribution in [0.5, 0.6) is 11.5 Å². The molecule has 23 heavy (non-hydrogen) atoms. The average Bonchev–Trinajstić information content (AvgIpc) is 3.14. The van der Waals surface area contributed by atoms with Gasteiger partial charge in [-0.25, -0.2) is 0 Å². The highest BCUT2D eigenvalue weighted by molar-refractivity contribution is 6.14. The number of aliphatic imine (C=N–C) groups is 1. The third-order valence-corrected chi connectivity index (χ3v) is 5.03. The Bertz CT molecular complexity index is 733. The van der Waals surface area contributed by atoms with Crippen molar-refractivity contribution in [3.63, 3.8) is 0 Å². The Morgan fingerprint density at radius 2 is 1.87 bits per heavy atom. The standard InChI is InChI=1S/C19H21NO3/c1-21-17-9-14-13-5-3-4-6-16(13)20-19(12-7-8-23-11-12)15(14)10-18(17)22-2/h7-11,13,16H,3-6H2,1-2H3/t13-,16-/m0/s1. The van der Waals surface area contributed by atoms with Gasteiger partial charge in [-0.1, -0.05) is 12.8 Å². The molecular weight excluding hydrogens is 290 g/mol. The van der Waals surface area contributed by atoms with E-state index in [0.717, 1.165) is 34.8 Å². The van der Waals surface area contributed by atoms with Gasteiger partial charge in [-0.2, -0.15) is 0 Å². The molecule has 4 heteroatoms. The van der Waals surface area contributed by atoms with E-state index >= 15 is 0 Å². The summed E-state index contributed by atoms with van der Waals surface area (Å²) in [6.07, 6.45) is 8.33. The number of rotatable bonds is 3. The van der Waals surface area contributed by atoms with Crippen LogP contribution >= 0.6 is 0 Å². The lowest BCUT2D eigenvalue weighted by atomic mass is 9.75. The zero-order valence-electron chi connectivity index (χ0n) is 13.5. The Hall–Kier alpha value is -2.23. The summed E-state index contributed by atoms with van der Waals surface area (Å²) in [4.78, 5) is 5.08. The van der Waals surface area contributed by atoms with E-state index in [2.05, 4.69) is 12.1 Å². The normalized spacial score (nSPS) is 22.8. The molecule has 2 aromatic rings. The molecule has 0 spiro atoms. The van der Waals surface area contributed by atoms with Crippen LogP contribution in [0, 0.1) is 0 Å². The average molecular weight is 311 g/mol. The summed E-state index contributed by atoms with van der Waals surface area (Å²) in [6.45, 7) is 0. The second-order valence-electron chi connectivity index (χ2n) is 6.24. The Kier molecular flexibility index (Phi) is 3.60. The SMILES string of the molecule is COc1cc2c(cc1OC)[C@@H]1CCCC[C@@H]1N=C2c1ccoc1. The zero-order valence-corrected chi connectivity index (χ0v) is 13.5. The molecule has 1 aliphatic heterocycles. The van der Waals surface area contributed by atoms with Gasteiger partial charge in [-0.05, 0) is 36.6 Å². The quantitative estimate of drug-likeness (QED) is 0.854. The maximum Gasteiger partial charge on any atom is 0.161 e. The van der Waals surface area contributed by atoms with E-state index in [1.54, 1.807) is 26.7 Å². The first-order valence-corrected chi connectivity index (χ1v) is 8.18. The van der Waals surface area contributed by atoms with Crippen molar-refractivity contribution >= 4 is 5.71 Å². The topological polar surface area (TPSA) is 44.0 Å². The van der Waals surface area contributed by atoms with Gasteiger partial charge in [0, 0.05) is 17.0 Å². The monoisotopic (exact) mass is 311 g/mol. The van der Waals surface area contributed by atoms with Crippen LogP contribution in [0.3, 0.4) is 0 Å². The molecular formula is C19H21NO3. The third-order valence-electron chi connectivity index (χ3n) is 5.03. The van der Waals surface area contributed by atoms with Crippen molar-refractivity contribution in [1.29, 1.82) is 0 Å². The van der Waals surface area contributed by atoms with E-state index in [1.165, 1.54) is 24.8 Å². The molecule has 4 nitrogen and oxygen atoms in total. The molecule has 4 rings (SSSR count). The predicted octanol–water partition coefficient (Wildman–Crippen LogP) is 4.17. The van der Waals surface area contributed by atoms with Crippen LogP contribution in [-0.4, -0.2) is 26.0 Å². The van der Waals surface area contributed by atoms with Crippen molar-refractivity contribution < 1.29 is 13.9 Å². The van der Waals surface area contributed by atoms with Gasteiger partial charge >= 0.3 is 0 Å². The lowest BCUT2D eigenvalue weighted by Crippen LogP contribution is -2.29. The fourth-order valence-corrected chi connectivity index (χ4v) is 3.90. The molecule has 0 N–H and O–H groups in total. The van der Waals surface area contributed by atoms with Gasteiger partial charge in [0.1, 0.15) is 0 Å². The molecule has 1 saturated carbocycles. The molecule has 0 unspecified atom stereocenters. The number of benzene rings is 1. The van der Waals surface area contributed by atoms with Crippen LogP contribution in [0.4, 0.5) is 0 Å². The van der Waals surface area contributed by atoms with Crippen LogP contribution in [0.1, 0.15) is 48.3 Å². The Morgan fingerprint density at radius 3 is 2.61 bits per heavy atom. The lowest BCUT2D eigenvalue weighted by molar-refractivity contribution is 0.349. The summed E-state index contributed by atoms with van der Waals surface area (Å²) in [7, 11) is 3.36. The summed E-state index contributed by atoms with van der Waals surface area (Å²) in [5.41, 5.74) is 4.52. The first kappa shape index (κ1) is 14.4. The number of methoxy groups -OCH3 is 2. The van der Waals surface area contributed by atoms with Crippen molar-refractivity contribution in [2.24, 2.45) is 4.99 Å². The fraction of sp³-hybridized carbons (Fsp3) is 0.421. The molecule has 1 aliphatic carbocycles. The largest absolute Gasteiger partial charge is 0.493 e. The van der Waals surface area contributed by atoms with Crippen molar-refractivity contribution in [2.75, 3.05) is 14.2 Å². The van der Waals surface area contributed by atoms with E-state index < -0.39 is 0 Å². The molecule has 0 bridgehead atoms. The smallest absolute Gasteiger partial charge is 0.161 e. The second kappa shape index (κ2) is 5.76. The maximum absolute atomic E-state index is 5.52. The number of fused-ring (bicyclic) bond motifs is 3. The van der Waals surface area contributed by atoms with Gasteiger partial charge < -0.3 is 13.9 Å². The van der Waals surface area contributed by atoms with Crippen LogP contribution in [0.25, 0.3) is 0 Å². The third kappa shape index (κ3) is 2.33. The molecule has 120 valence electrons. The molecule has 1 aromatic carbocycles. The summed E-state index contributed by atoms with van der Waals surface area (Å²) in [5, 5.41) is 0. The summed E-state index contributed by atoms with van der Waals surface area (Å²) in [5.74, 6) is 2.02. The van der Waals surface area contributed by atoms with E-state index in [-0.39, 0.29) is 0 Å². The molecule has 2 atom stereocenters. The van der Waals surface area contributed by atoms with Crippen LogP contribution < -0.4 is 9.47 Å². The van der Waals surface area contributed by atoms with E-state index in [0.29, 0.717) is 12.0 Å². The minimum atomic E-state index is 0.360. The highest BCUT2D eigenvalue weighted by Crippen LogP contribution is 2.44. The Labute approximate surface area is 136 Å². The minimum absolute atomic E-state index is 0.360. The highest BCUT2D eigenvalue weighted by atomic mass is 16.5. The van der Waals surface area contributed by atoms with E-state index in [4.69, 9.17) is 18.9 Å². The summed E-state index contributed by atoms with van der Waals surface area (Å²) >= 11 is 0. The molecule has 1 fully saturated rings. The molecule has 0 amide bonds. The van der Waals surface area contributed by atoms with Gasteiger partial charge in [0.25, 0.3) is 0 Å². The molecule has 1 aromatic heterocycles. The van der Waals surface area contributed by atoms with Gasteiger partial charge in [-0.3, -0.25) is 4.99 Å². The maximum atomic E-state index is 5.52.